The predicted octanol–water partition coefficient (Wildman–Crippen LogP) is 2.13. The molecule has 0 amide bonds. The largest absolute Gasteiger partial charge is 0.361 e. The monoisotopic (exact) mass is 294 g/mol. The van der Waals surface area contributed by atoms with Crippen LogP contribution in [0.2, 0.25) is 0 Å². The van der Waals surface area contributed by atoms with Gasteiger partial charge in [0.15, 0.2) is 5.78 Å². The van der Waals surface area contributed by atoms with E-state index in [0.29, 0.717) is 22.7 Å². The maximum Gasteiger partial charge on any atom is 0.238 e. The number of Topliss-reactive ketones (excluding diaryl/α,β-unsaturated/α-hetero) is 1. The molecule has 0 spiro atoms. The van der Waals surface area contributed by atoms with E-state index in [-0.39, 0.29) is 11.5 Å². The molecule has 2 aromatic rings. The van der Waals surface area contributed by atoms with Gasteiger partial charge in [-0.3, -0.25) is 9.52 Å². The molecule has 1 heterocycles. The van der Waals surface area contributed by atoms with Gasteiger partial charge in [0.25, 0.3) is 0 Å². The summed E-state index contributed by atoms with van der Waals surface area (Å²) in [5.41, 5.74) is 1.12. The number of benzene rings is 1. The van der Waals surface area contributed by atoms with Gasteiger partial charge in [0.05, 0.1) is 0 Å². The lowest BCUT2D eigenvalue weighted by Gasteiger charge is -2.07. The van der Waals surface area contributed by atoms with Crippen molar-refractivity contribution in [2.24, 2.45) is 0 Å². The van der Waals surface area contributed by atoms with Gasteiger partial charge in [0.2, 0.25) is 10.0 Å². The predicted molar refractivity (Wildman–Crippen MR) is 73.9 cm³/mol. The van der Waals surface area contributed by atoms with Gasteiger partial charge in [-0.25, -0.2) is 8.42 Å². The molecular formula is C13H14N2O4S. The third-order valence-electron chi connectivity index (χ3n) is 2.56. The Labute approximate surface area is 116 Å². The highest BCUT2D eigenvalue weighted by molar-refractivity contribution is 7.91. The molecule has 1 aromatic carbocycles. The van der Waals surface area contributed by atoms with Gasteiger partial charge in [-0.15, -0.1) is 0 Å². The molecule has 20 heavy (non-hydrogen) atoms. The second kappa shape index (κ2) is 5.46. The van der Waals surface area contributed by atoms with Gasteiger partial charge in [0, 0.05) is 17.3 Å². The molecule has 6 nitrogen and oxygen atoms in total. The van der Waals surface area contributed by atoms with E-state index in [9.17, 15) is 13.2 Å². The molecule has 0 atom stereocenters. The Morgan fingerprint density at radius 2 is 2.10 bits per heavy atom. The first-order valence-corrected chi connectivity index (χ1v) is 7.55. The Kier molecular flexibility index (Phi) is 3.89. The Balaban J connectivity index is 2.15. The van der Waals surface area contributed by atoms with Gasteiger partial charge in [-0.2, -0.15) is 0 Å². The Morgan fingerprint density at radius 3 is 2.70 bits per heavy atom. The highest BCUT2D eigenvalue weighted by atomic mass is 32.2. The number of hydrogen-bond acceptors (Lipinski definition) is 5. The van der Waals surface area contributed by atoms with Crippen molar-refractivity contribution in [3.63, 3.8) is 0 Å². The number of aryl methyl sites for hydroxylation is 1. The molecule has 1 aromatic heterocycles. The zero-order valence-corrected chi connectivity index (χ0v) is 11.9. The van der Waals surface area contributed by atoms with E-state index in [1.165, 1.54) is 13.0 Å². The first-order valence-electron chi connectivity index (χ1n) is 5.89. The zero-order valence-electron chi connectivity index (χ0n) is 11.1. The topological polar surface area (TPSA) is 89.3 Å². The summed E-state index contributed by atoms with van der Waals surface area (Å²) < 4.78 is 31.2. The van der Waals surface area contributed by atoms with E-state index in [0.717, 1.165) is 0 Å². The number of sulfonamides is 1. The molecule has 0 saturated carbocycles. The average molecular weight is 294 g/mol. The number of hydrogen-bond donors (Lipinski definition) is 1. The van der Waals surface area contributed by atoms with Crippen LogP contribution in [0.4, 0.5) is 5.69 Å². The highest BCUT2D eigenvalue weighted by Gasteiger charge is 2.15. The van der Waals surface area contributed by atoms with E-state index in [4.69, 9.17) is 4.52 Å². The third-order valence-corrected chi connectivity index (χ3v) is 3.78. The molecule has 0 unspecified atom stereocenters. The Bertz CT molecular complexity index is 734. The van der Waals surface area contributed by atoms with Crippen LogP contribution in [-0.4, -0.2) is 19.4 Å². The molecule has 0 aliphatic carbocycles. The van der Waals surface area contributed by atoms with E-state index in [2.05, 4.69) is 9.88 Å². The normalized spacial score (nSPS) is 11.3. The summed E-state index contributed by atoms with van der Waals surface area (Å²) in [4.78, 5) is 11.3. The van der Waals surface area contributed by atoms with Crippen molar-refractivity contribution in [1.82, 2.24) is 5.16 Å². The fraction of sp³-hybridized carbons (Fsp3) is 0.231. The van der Waals surface area contributed by atoms with Crippen LogP contribution >= 0.6 is 0 Å². The van der Waals surface area contributed by atoms with Crippen molar-refractivity contribution in [2.45, 2.75) is 19.6 Å². The van der Waals surface area contributed by atoms with Crippen LogP contribution in [-0.2, 0) is 15.8 Å². The molecule has 0 bridgehead atoms. The van der Waals surface area contributed by atoms with Crippen LogP contribution in [0.15, 0.2) is 34.9 Å². The number of carbonyl (C=O) groups excluding carboxylic acids is 1. The van der Waals surface area contributed by atoms with Crippen LogP contribution in [0.1, 0.15) is 28.7 Å². The average Bonchev–Trinajstić information content (AvgIpc) is 2.73. The van der Waals surface area contributed by atoms with Crippen LogP contribution in [0.5, 0.6) is 0 Å². The van der Waals surface area contributed by atoms with Crippen molar-refractivity contribution in [3.05, 3.63) is 47.3 Å². The number of carbonyl (C=O) groups is 1. The molecule has 0 aliphatic heterocycles. The van der Waals surface area contributed by atoms with E-state index in [1.807, 2.05) is 0 Å². The van der Waals surface area contributed by atoms with Crippen molar-refractivity contribution < 1.29 is 17.7 Å². The van der Waals surface area contributed by atoms with E-state index in [1.54, 1.807) is 31.2 Å². The maximum absolute atomic E-state index is 12.0. The minimum absolute atomic E-state index is 0.127. The van der Waals surface area contributed by atoms with Crippen molar-refractivity contribution >= 4 is 21.5 Å². The number of ketones is 1. The minimum Gasteiger partial charge on any atom is -0.361 e. The zero-order chi connectivity index (χ0) is 14.8. The lowest BCUT2D eigenvalue weighted by Crippen LogP contribution is -2.15. The van der Waals surface area contributed by atoms with Crippen LogP contribution in [0, 0.1) is 6.92 Å². The van der Waals surface area contributed by atoms with Gasteiger partial charge in [-0.1, -0.05) is 17.3 Å². The number of nitrogens with one attached hydrogen (secondary N) is 1. The summed E-state index contributed by atoms with van der Waals surface area (Å²) in [6.07, 6.45) is 0. The second-order valence-electron chi connectivity index (χ2n) is 4.43. The molecule has 0 aliphatic rings. The van der Waals surface area contributed by atoms with Gasteiger partial charge < -0.3 is 4.52 Å². The number of anilines is 1. The molecule has 2 rings (SSSR count). The summed E-state index contributed by atoms with van der Waals surface area (Å²) in [5.74, 6) is 0.140. The Hall–Kier alpha value is -2.15. The highest BCUT2D eigenvalue weighted by Crippen LogP contribution is 2.15. The van der Waals surface area contributed by atoms with Crippen molar-refractivity contribution in [3.8, 4) is 0 Å². The summed E-state index contributed by atoms with van der Waals surface area (Å²) >= 11 is 0. The number of rotatable bonds is 5. The fourth-order valence-electron chi connectivity index (χ4n) is 1.70. The summed E-state index contributed by atoms with van der Waals surface area (Å²) in [7, 11) is -3.60. The quantitative estimate of drug-likeness (QED) is 0.853. The van der Waals surface area contributed by atoms with Crippen LogP contribution < -0.4 is 4.72 Å². The van der Waals surface area contributed by atoms with E-state index < -0.39 is 10.0 Å². The van der Waals surface area contributed by atoms with E-state index >= 15 is 0 Å². The molecule has 106 valence electrons. The van der Waals surface area contributed by atoms with Crippen LogP contribution in [0.25, 0.3) is 0 Å². The molecule has 0 saturated heterocycles. The third kappa shape index (κ3) is 3.67. The summed E-state index contributed by atoms with van der Waals surface area (Å²) in [6.45, 7) is 3.11. The first kappa shape index (κ1) is 14.3. The lowest BCUT2D eigenvalue weighted by molar-refractivity contribution is 0.101. The first-order chi connectivity index (χ1) is 9.35. The lowest BCUT2D eigenvalue weighted by atomic mass is 10.1. The standard InChI is InChI=1S/C13H14N2O4S/c1-9-6-13(14-19-9)8-20(17,18)15-12-5-3-4-11(7-12)10(2)16/h3-7,15H,8H2,1-2H3. The molecule has 7 heteroatoms. The smallest absolute Gasteiger partial charge is 0.238 e. The number of aromatic nitrogens is 1. The molecule has 0 radical (unpaired) electrons. The fourth-order valence-corrected chi connectivity index (χ4v) is 2.78. The molecular weight excluding hydrogens is 280 g/mol. The van der Waals surface area contributed by atoms with Crippen molar-refractivity contribution in [2.75, 3.05) is 4.72 Å². The summed E-state index contributed by atoms with van der Waals surface area (Å²) in [5, 5.41) is 3.64. The number of nitrogens with zero attached hydrogens (tertiary/aromatic N) is 1. The molecule has 1 N–H and O–H groups in total. The summed E-state index contributed by atoms with van der Waals surface area (Å²) in [6, 6.07) is 7.88. The molecule has 0 fully saturated rings. The van der Waals surface area contributed by atoms with Gasteiger partial charge in [-0.05, 0) is 26.0 Å². The van der Waals surface area contributed by atoms with Gasteiger partial charge in [0.1, 0.15) is 17.2 Å². The van der Waals surface area contributed by atoms with Crippen molar-refractivity contribution in [1.29, 1.82) is 0 Å². The SMILES string of the molecule is CC(=O)c1cccc(NS(=O)(=O)Cc2cc(C)on2)c1. The van der Waals surface area contributed by atoms with Gasteiger partial charge >= 0.3 is 0 Å². The Morgan fingerprint density at radius 1 is 1.35 bits per heavy atom. The van der Waals surface area contributed by atoms with Crippen LogP contribution in [0.3, 0.4) is 0 Å². The minimum atomic E-state index is -3.60. The second-order valence-corrected chi connectivity index (χ2v) is 6.15. The maximum atomic E-state index is 12.0.